The molecule has 0 aliphatic heterocycles. The van der Waals surface area contributed by atoms with Crippen LogP contribution in [0.4, 0.5) is 0 Å². The SMILES string of the molecule is CC(C)(C)c1ccnc2nc(-c3[c-]ccc4c3oc3ccccc34)n(-c3ccc(-c4ccccc4)cc3)c12.[2H]C([2H])([2H])c1c[c-]c(-c2cc(C(C)(C)c3ccccc3)[c]([Ge]([CH3])([CH3])[CH3])cn2)cc1.[Ir]. The Morgan fingerprint density at radius 2 is 1.38 bits per heavy atom. The predicted molar refractivity (Wildman–Crippen MR) is 269 cm³/mol. The van der Waals surface area contributed by atoms with Crippen LogP contribution < -0.4 is 4.40 Å². The van der Waals surface area contributed by atoms with E-state index in [9.17, 15) is 0 Å². The molecule has 0 saturated heterocycles. The van der Waals surface area contributed by atoms with Crippen molar-refractivity contribution in [1.82, 2.24) is 19.5 Å². The van der Waals surface area contributed by atoms with E-state index in [2.05, 4.69) is 166 Å². The van der Waals surface area contributed by atoms with Gasteiger partial charge in [-0.25, -0.2) is 4.98 Å². The first-order chi connectivity index (χ1) is 31.9. The molecular formula is C58H54GeIrN4O-2. The fourth-order valence-electron chi connectivity index (χ4n) is 8.63. The molecule has 0 aliphatic rings. The maximum Gasteiger partial charge on any atom is 0 e. The molecule has 0 amide bonds. The number of benzene rings is 6. The molecule has 0 aliphatic carbocycles. The third-order valence-electron chi connectivity index (χ3n) is 12.1. The summed E-state index contributed by atoms with van der Waals surface area (Å²) >= 11 is -2.18. The van der Waals surface area contributed by atoms with E-state index < -0.39 is 20.1 Å². The van der Waals surface area contributed by atoms with E-state index in [1.54, 1.807) is 12.1 Å². The zero-order chi connectivity index (χ0) is 47.3. The quantitative estimate of drug-likeness (QED) is 0.118. The normalized spacial score (nSPS) is 12.8. The van der Waals surface area contributed by atoms with Crippen molar-refractivity contribution in [3.05, 3.63) is 198 Å². The Hall–Kier alpha value is -5.92. The Kier molecular flexibility index (Phi) is 11.7. The third kappa shape index (κ3) is 9.05. The van der Waals surface area contributed by atoms with Gasteiger partial charge in [-0.2, -0.15) is 0 Å². The van der Waals surface area contributed by atoms with Crippen molar-refractivity contribution in [1.29, 1.82) is 0 Å². The Labute approximate surface area is 404 Å². The van der Waals surface area contributed by atoms with Crippen LogP contribution in [0, 0.1) is 19.0 Å². The molecule has 0 fully saturated rings. The topological polar surface area (TPSA) is 56.7 Å². The molecule has 65 heavy (non-hydrogen) atoms. The van der Waals surface area contributed by atoms with Gasteiger partial charge in [-0.05, 0) is 46.4 Å². The number of furan rings is 1. The van der Waals surface area contributed by atoms with E-state index in [1.165, 1.54) is 32.2 Å². The van der Waals surface area contributed by atoms with Crippen LogP contribution >= 0.6 is 0 Å². The van der Waals surface area contributed by atoms with Crippen molar-refractivity contribution >= 4 is 50.8 Å². The van der Waals surface area contributed by atoms with E-state index in [1.807, 2.05) is 54.9 Å². The number of rotatable bonds is 7. The fraction of sp³-hybridized carbons (Fsp3) is 0.190. The molecular weight excluding hydrogens is 1030 g/mol. The summed E-state index contributed by atoms with van der Waals surface area (Å²) in [6.07, 6.45) is 3.90. The summed E-state index contributed by atoms with van der Waals surface area (Å²) in [5.74, 6) is 7.93. The molecule has 0 spiro atoms. The van der Waals surface area contributed by atoms with Crippen LogP contribution in [0.25, 0.3) is 72.6 Å². The van der Waals surface area contributed by atoms with Gasteiger partial charge in [0, 0.05) is 37.4 Å². The minimum Gasteiger partial charge on any atom is 0 e. The van der Waals surface area contributed by atoms with Gasteiger partial charge >= 0.3 is 165 Å². The van der Waals surface area contributed by atoms with Gasteiger partial charge in [0.1, 0.15) is 5.58 Å². The molecule has 327 valence electrons. The average molecular weight is 1090 g/mol. The van der Waals surface area contributed by atoms with Gasteiger partial charge in [-0.15, -0.1) is 18.2 Å². The molecule has 10 aromatic rings. The average Bonchev–Trinajstić information content (AvgIpc) is 3.91. The van der Waals surface area contributed by atoms with Gasteiger partial charge < -0.3 is 8.98 Å². The molecule has 0 bridgehead atoms. The second-order valence-electron chi connectivity index (χ2n) is 19.0. The van der Waals surface area contributed by atoms with Gasteiger partial charge in [-0.3, -0.25) is 4.98 Å². The van der Waals surface area contributed by atoms with Crippen LogP contribution in [0.5, 0.6) is 0 Å². The molecule has 0 N–H and O–H groups in total. The largest absolute Gasteiger partial charge is 0 e. The molecule has 7 heteroatoms. The standard InChI is InChI=1S/C34H26N3O.C24H28GeN.Ir/c1-34(2,3)28-20-21-35-32-30(28)37(24-18-16-23(17-19-24)22-10-5-4-6-11-22)33(36-32)27-14-9-13-26-25-12-7-8-15-29(25)38-31(26)27;1-18-12-14-19(15-13-18)23-16-21(22(17-26-23)25(4,5)6)24(2,3)20-10-8-7-9-11-20;/h4-13,15-21H,1-3H3;7-14,16-17H,1-6H3;/q2*-1;/i;1D3;. The van der Waals surface area contributed by atoms with Crippen LogP contribution in [0.1, 0.15) is 61.0 Å². The molecule has 10 rings (SSSR count). The predicted octanol–water partition coefficient (Wildman–Crippen LogP) is 14.5. The third-order valence-corrected chi connectivity index (χ3v) is 16.4. The molecule has 4 heterocycles. The zero-order valence-corrected chi connectivity index (χ0v) is 42.6. The maximum atomic E-state index is 7.56. The summed E-state index contributed by atoms with van der Waals surface area (Å²) in [7, 11) is 0. The Bertz CT molecular complexity index is 3370. The number of aryl methyl sites for hydroxylation is 1. The fourth-order valence-corrected chi connectivity index (χ4v) is 12.1. The van der Waals surface area contributed by atoms with Crippen molar-refractivity contribution in [3.63, 3.8) is 0 Å². The number of pyridine rings is 2. The van der Waals surface area contributed by atoms with Crippen LogP contribution in [0.3, 0.4) is 0 Å². The van der Waals surface area contributed by atoms with Gasteiger partial charge in [-0.1, -0.05) is 92.4 Å². The minimum absolute atomic E-state index is 0. The number of hydrogen-bond acceptors (Lipinski definition) is 4. The number of imidazole rings is 1. The minimum atomic E-state index is -2.18. The van der Waals surface area contributed by atoms with Crippen LogP contribution in [0.2, 0.25) is 17.3 Å². The van der Waals surface area contributed by atoms with Gasteiger partial charge in [0.25, 0.3) is 0 Å². The van der Waals surface area contributed by atoms with E-state index in [-0.39, 0.29) is 30.9 Å². The van der Waals surface area contributed by atoms with Gasteiger partial charge in [0.15, 0.2) is 5.65 Å². The summed E-state index contributed by atoms with van der Waals surface area (Å²) in [6.45, 7) is 9.09. The second-order valence-corrected chi connectivity index (χ2v) is 29.6. The molecule has 0 saturated carbocycles. The Morgan fingerprint density at radius 1 is 0.692 bits per heavy atom. The summed E-state index contributed by atoms with van der Waals surface area (Å²) in [6, 6.07) is 57.7. The number of aromatic nitrogens is 4. The van der Waals surface area contributed by atoms with Crippen LogP contribution in [-0.2, 0) is 30.9 Å². The summed E-state index contributed by atoms with van der Waals surface area (Å²) in [5.41, 5.74) is 13.0. The van der Waals surface area contributed by atoms with Crippen molar-refractivity contribution in [3.8, 4) is 39.5 Å². The molecule has 5 nitrogen and oxygen atoms in total. The second kappa shape index (κ2) is 18.2. The van der Waals surface area contributed by atoms with E-state index in [0.29, 0.717) is 11.2 Å². The summed E-state index contributed by atoms with van der Waals surface area (Å²) in [4.78, 5) is 14.5. The number of nitrogens with zero attached hydrogens (tertiary/aromatic N) is 4. The Morgan fingerprint density at radius 3 is 2.06 bits per heavy atom. The number of para-hydroxylation sites is 1. The first-order valence-corrected chi connectivity index (χ1v) is 29.2. The van der Waals surface area contributed by atoms with Crippen molar-refractivity contribution in [2.45, 2.75) is 69.6 Å². The smallest absolute Gasteiger partial charge is 0 e. The van der Waals surface area contributed by atoms with Crippen LogP contribution in [-0.4, -0.2) is 32.8 Å². The molecule has 0 atom stereocenters. The first kappa shape index (κ1) is 41.8. The van der Waals surface area contributed by atoms with Crippen molar-refractivity contribution in [2.75, 3.05) is 0 Å². The number of hydrogen-bond donors (Lipinski definition) is 0. The zero-order valence-electron chi connectivity index (χ0n) is 41.1. The maximum absolute atomic E-state index is 7.56. The summed E-state index contributed by atoms with van der Waals surface area (Å²) in [5, 5.41) is 2.14. The van der Waals surface area contributed by atoms with Crippen LogP contribution in [0.15, 0.2) is 168 Å². The van der Waals surface area contributed by atoms with E-state index >= 15 is 0 Å². The molecule has 1 radical (unpaired) electrons. The van der Waals surface area contributed by atoms with Crippen molar-refractivity contribution in [2.24, 2.45) is 0 Å². The first-order valence-electron chi connectivity index (χ1n) is 23.3. The van der Waals surface area contributed by atoms with Gasteiger partial charge in [0.2, 0.25) is 0 Å². The Balaban J connectivity index is 0.000000188. The molecule has 6 aromatic carbocycles. The summed E-state index contributed by atoms with van der Waals surface area (Å²) < 4.78 is 32.7. The van der Waals surface area contributed by atoms with Crippen molar-refractivity contribution < 1.29 is 28.6 Å². The van der Waals surface area contributed by atoms with Gasteiger partial charge in [0.05, 0.1) is 16.9 Å². The monoisotopic (exact) mass is 1090 g/mol. The molecule has 4 aromatic heterocycles. The van der Waals surface area contributed by atoms with E-state index in [0.717, 1.165) is 55.8 Å². The molecule has 0 unspecified atom stereocenters. The van der Waals surface area contributed by atoms with E-state index in [4.69, 9.17) is 23.5 Å². The number of fused-ring (bicyclic) bond motifs is 4.